The van der Waals surface area contributed by atoms with Crippen molar-refractivity contribution in [2.24, 2.45) is 0 Å². The molecule has 0 aromatic carbocycles. The highest BCUT2D eigenvalue weighted by molar-refractivity contribution is 5.84. The van der Waals surface area contributed by atoms with Crippen LogP contribution in [0.4, 0.5) is 0 Å². The number of esters is 5. The van der Waals surface area contributed by atoms with Crippen LogP contribution < -0.4 is 5.32 Å². The number of rotatable bonds is 21. The molecule has 0 aromatic heterocycles. The zero-order valence-electron chi connectivity index (χ0n) is 24.8. The summed E-state index contributed by atoms with van der Waals surface area (Å²) >= 11 is 0. The van der Waals surface area contributed by atoms with Crippen LogP contribution in [-0.4, -0.2) is 73.3 Å². The molecule has 12 nitrogen and oxygen atoms in total. The summed E-state index contributed by atoms with van der Waals surface area (Å²) in [5, 5.41) is 2.66. The van der Waals surface area contributed by atoms with E-state index in [9.17, 15) is 28.8 Å². The Bertz CT molecular complexity index is 814. The molecule has 230 valence electrons. The summed E-state index contributed by atoms with van der Waals surface area (Å²) in [5.41, 5.74) is 0. The molecule has 1 amide bonds. The van der Waals surface area contributed by atoms with Gasteiger partial charge in [-0.15, -0.1) is 0 Å². The van der Waals surface area contributed by atoms with Gasteiger partial charge in [0.05, 0.1) is 0 Å². The maximum atomic E-state index is 13.1. The fourth-order valence-electron chi connectivity index (χ4n) is 4.02. The minimum absolute atomic E-state index is 0.263. The standard InChI is InChI=1S/C28H47NO11/c1-7-8-9-10-11-12-13-14-15-16-17-29-28(35)27(40-23(6)34)26(39-22(5)33)25(38-21(4)32)24(37-20(3)31)18-36-19(2)30/h24-27H,7-18H2,1-6H3,(H,29,35)/t24-,25-,26+,27-/m0/s1. The van der Waals surface area contributed by atoms with Crippen molar-refractivity contribution in [3.05, 3.63) is 0 Å². The molecule has 1 N–H and O–H groups in total. The molecule has 0 aliphatic rings. The number of unbranched alkanes of at least 4 members (excludes halogenated alkanes) is 9. The van der Waals surface area contributed by atoms with Crippen molar-refractivity contribution in [1.82, 2.24) is 5.32 Å². The van der Waals surface area contributed by atoms with E-state index in [1.165, 1.54) is 38.5 Å². The number of carbonyl (C=O) groups is 6. The smallest absolute Gasteiger partial charge is 0.303 e. The number of carbonyl (C=O) groups excluding carboxylic acids is 6. The first kappa shape index (κ1) is 36.8. The lowest BCUT2D eigenvalue weighted by Crippen LogP contribution is -2.57. The van der Waals surface area contributed by atoms with Crippen molar-refractivity contribution in [3.8, 4) is 0 Å². The van der Waals surface area contributed by atoms with Gasteiger partial charge in [-0.1, -0.05) is 64.7 Å². The molecule has 0 unspecified atom stereocenters. The third-order valence-corrected chi connectivity index (χ3v) is 5.74. The van der Waals surface area contributed by atoms with Crippen LogP contribution >= 0.6 is 0 Å². The van der Waals surface area contributed by atoms with Crippen LogP contribution in [0.2, 0.25) is 0 Å². The largest absolute Gasteiger partial charge is 0.462 e. The molecule has 0 fully saturated rings. The molecule has 0 aromatic rings. The molecule has 0 spiro atoms. The Morgan fingerprint density at radius 2 is 1.00 bits per heavy atom. The van der Waals surface area contributed by atoms with Crippen LogP contribution in [-0.2, 0) is 52.5 Å². The SMILES string of the molecule is CCCCCCCCCCCCNC(=O)[C@@H](OC(C)=O)[C@H](OC(C)=O)[C@@H](OC(C)=O)[C@H](COC(C)=O)OC(C)=O. The van der Waals surface area contributed by atoms with Crippen LogP contribution in [0.1, 0.15) is 106 Å². The highest BCUT2D eigenvalue weighted by atomic mass is 16.6. The highest BCUT2D eigenvalue weighted by Crippen LogP contribution is 2.21. The van der Waals surface area contributed by atoms with Gasteiger partial charge in [-0.2, -0.15) is 0 Å². The van der Waals surface area contributed by atoms with Gasteiger partial charge in [-0.3, -0.25) is 28.8 Å². The quantitative estimate of drug-likeness (QED) is 0.122. The van der Waals surface area contributed by atoms with Gasteiger partial charge in [0.1, 0.15) is 6.61 Å². The lowest BCUT2D eigenvalue weighted by molar-refractivity contribution is -0.203. The molecular formula is C28H47NO11. The second kappa shape index (κ2) is 21.6. The van der Waals surface area contributed by atoms with Gasteiger partial charge in [0.2, 0.25) is 6.10 Å². The van der Waals surface area contributed by atoms with Gasteiger partial charge in [0.25, 0.3) is 5.91 Å². The molecule has 0 aliphatic heterocycles. The number of nitrogens with one attached hydrogen (secondary N) is 1. The van der Waals surface area contributed by atoms with E-state index in [1.807, 2.05) is 0 Å². The minimum atomic E-state index is -1.76. The maximum Gasteiger partial charge on any atom is 0.303 e. The van der Waals surface area contributed by atoms with E-state index in [0.29, 0.717) is 6.42 Å². The third-order valence-electron chi connectivity index (χ3n) is 5.74. The number of hydrogen-bond acceptors (Lipinski definition) is 11. The van der Waals surface area contributed by atoms with Crippen molar-refractivity contribution in [1.29, 1.82) is 0 Å². The third kappa shape index (κ3) is 18.2. The lowest BCUT2D eigenvalue weighted by atomic mass is 10.0. The zero-order valence-corrected chi connectivity index (χ0v) is 24.8. The summed E-state index contributed by atoms with van der Waals surface area (Å²) in [6, 6.07) is 0. The van der Waals surface area contributed by atoms with Crippen molar-refractivity contribution in [2.75, 3.05) is 13.2 Å². The first-order valence-corrected chi connectivity index (χ1v) is 14.0. The minimum Gasteiger partial charge on any atom is -0.462 e. The lowest BCUT2D eigenvalue weighted by Gasteiger charge is -2.34. The van der Waals surface area contributed by atoms with Crippen LogP contribution in [0.15, 0.2) is 0 Å². The van der Waals surface area contributed by atoms with Gasteiger partial charge < -0.3 is 29.0 Å². The Balaban J connectivity index is 5.55. The topological polar surface area (TPSA) is 161 Å². The molecule has 12 heteroatoms. The van der Waals surface area contributed by atoms with E-state index >= 15 is 0 Å². The zero-order chi connectivity index (χ0) is 30.5. The number of ether oxygens (including phenoxy) is 5. The van der Waals surface area contributed by atoms with E-state index in [1.54, 1.807) is 0 Å². The molecule has 0 saturated carbocycles. The fourth-order valence-corrected chi connectivity index (χ4v) is 4.02. The van der Waals surface area contributed by atoms with E-state index < -0.39 is 66.8 Å². The molecule has 0 saturated heterocycles. The highest BCUT2D eigenvalue weighted by Gasteiger charge is 2.46. The van der Waals surface area contributed by atoms with Gasteiger partial charge in [0, 0.05) is 41.2 Å². The molecule has 0 heterocycles. The fraction of sp³-hybridized carbons (Fsp3) is 0.786. The Labute approximate surface area is 237 Å². The Morgan fingerprint density at radius 1 is 0.550 bits per heavy atom. The van der Waals surface area contributed by atoms with Crippen LogP contribution in [0.3, 0.4) is 0 Å². The van der Waals surface area contributed by atoms with Crippen molar-refractivity contribution < 1.29 is 52.5 Å². The predicted molar refractivity (Wildman–Crippen MR) is 144 cm³/mol. The monoisotopic (exact) mass is 573 g/mol. The summed E-state index contributed by atoms with van der Waals surface area (Å²) in [7, 11) is 0. The Kier molecular flexibility index (Phi) is 19.9. The molecule has 0 radical (unpaired) electrons. The molecule has 40 heavy (non-hydrogen) atoms. The molecule has 4 atom stereocenters. The molecule has 0 aliphatic carbocycles. The first-order valence-electron chi connectivity index (χ1n) is 14.0. The van der Waals surface area contributed by atoms with E-state index in [2.05, 4.69) is 12.2 Å². The Morgan fingerprint density at radius 3 is 1.45 bits per heavy atom. The Hall–Kier alpha value is -3.18. The van der Waals surface area contributed by atoms with Crippen molar-refractivity contribution in [3.63, 3.8) is 0 Å². The van der Waals surface area contributed by atoms with Crippen LogP contribution in [0, 0.1) is 0 Å². The summed E-state index contributed by atoms with van der Waals surface area (Å²) in [6.45, 7) is 7.17. The second-order valence-corrected chi connectivity index (χ2v) is 9.60. The van der Waals surface area contributed by atoms with E-state index in [-0.39, 0.29) is 6.54 Å². The first-order chi connectivity index (χ1) is 18.9. The molecule has 0 bridgehead atoms. The van der Waals surface area contributed by atoms with Crippen molar-refractivity contribution >= 4 is 35.8 Å². The number of amides is 1. The van der Waals surface area contributed by atoms with E-state index in [0.717, 1.165) is 53.9 Å². The average Bonchev–Trinajstić information content (AvgIpc) is 2.85. The maximum absolute atomic E-state index is 13.1. The summed E-state index contributed by atoms with van der Waals surface area (Å²) in [5.74, 6) is -5.00. The van der Waals surface area contributed by atoms with Gasteiger partial charge in [-0.05, 0) is 6.42 Å². The van der Waals surface area contributed by atoms with Crippen molar-refractivity contribution in [2.45, 2.75) is 130 Å². The van der Waals surface area contributed by atoms with Crippen LogP contribution in [0.25, 0.3) is 0 Å². The summed E-state index contributed by atoms with van der Waals surface area (Å²) in [4.78, 5) is 72.2. The molecular weight excluding hydrogens is 526 g/mol. The average molecular weight is 574 g/mol. The predicted octanol–water partition coefficient (Wildman–Crippen LogP) is 3.31. The summed E-state index contributed by atoms with van der Waals surface area (Å²) < 4.78 is 25.9. The normalized spacial score (nSPS) is 13.7. The van der Waals surface area contributed by atoms with Gasteiger partial charge in [-0.25, -0.2) is 0 Å². The van der Waals surface area contributed by atoms with Gasteiger partial charge >= 0.3 is 29.8 Å². The van der Waals surface area contributed by atoms with Crippen LogP contribution in [0.5, 0.6) is 0 Å². The number of hydrogen-bond donors (Lipinski definition) is 1. The summed E-state index contributed by atoms with van der Waals surface area (Å²) in [6.07, 6.45) is 4.44. The van der Waals surface area contributed by atoms with Gasteiger partial charge in [0.15, 0.2) is 18.3 Å². The second-order valence-electron chi connectivity index (χ2n) is 9.60. The van der Waals surface area contributed by atoms with E-state index in [4.69, 9.17) is 23.7 Å². The molecule has 0 rings (SSSR count).